The molecule has 0 saturated heterocycles. The van der Waals surface area contributed by atoms with Crippen LogP contribution in [0.3, 0.4) is 0 Å². The van der Waals surface area contributed by atoms with Crippen molar-refractivity contribution in [3.05, 3.63) is 48.6 Å². The summed E-state index contributed by atoms with van der Waals surface area (Å²) in [5.74, 6) is -0.665. The quantitative estimate of drug-likeness (QED) is 0.0374. The fourth-order valence-electron chi connectivity index (χ4n) is 5.94. The second-order valence-corrected chi connectivity index (χ2v) is 14.1. The Morgan fingerprint density at radius 2 is 0.863 bits per heavy atom. The summed E-state index contributed by atoms with van der Waals surface area (Å²) >= 11 is 0. The standard InChI is InChI=1S/C45H80O6/c1-2-3-4-5-6-7-8-9-10-11-12-14-18-21-24-27-30-33-36-39-45(49)51-43(41-47)42-50-44(48)38-35-32-29-26-23-20-17-15-13-16-19-22-25-28-31-34-37-40-46/h13,16-17,20,22,25-26,29,43,46-47H,2-12,14-15,18-19,21,23-24,27-28,30-42H2,1H3/b16-13-,20-17-,25-22-,29-26-/t43-/m0/s1. The summed E-state index contributed by atoms with van der Waals surface area (Å²) in [5.41, 5.74) is 0. The highest BCUT2D eigenvalue weighted by atomic mass is 16.6. The van der Waals surface area contributed by atoms with E-state index in [1.54, 1.807) is 0 Å². The third-order valence-electron chi connectivity index (χ3n) is 9.18. The van der Waals surface area contributed by atoms with E-state index in [4.69, 9.17) is 14.6 Å². The fraction of sp³-hybridized carbons (Fsp3) is 0.778. The largest absolute Gasteiger partial charge is 0.462 e. The molecule has 0 aliphatic rings. The van der Waals surface area contributed by atoms with Gasteiger partial charge in [0.15, 0.2) is 6.10 Å². The van der Waals surface area contributed by atoms with Gasteiger partial charge in [-0.05, 0) is 57.8 Å². The van der Waals surface area contributed by atoms with Crippen molar-refractivity contribution < 1.29 is 29.3 Å². The zero-order valence-corrected chi connectivity index (χ0v) is 33.1. The van der Waals surface area contributed by atoms with Gasteiger partial charge in [0.1, 0.15) is 6.61 Å². The maximum Gasteiger partial charge on any atom is 0.306 e. The lowest BCUT2D eigenvalue weighted by Gasteiger charge is -2.15. The Hall–Kier alpha value is -2.18. The van der Waals surface area contributed by atoms with Crippen LogP contribution < -0.4 is 0 Å². The molecule has 6 nitrogen and oxygen atoms in total. The summed E-state index contributed by atoms with van der Waals surface area (Å²) in [6, 6.07) is 0. The van der Waals surface area contributed by atoms with Crippen molar-refractivity contribution in [3.63, 3.8) is 0 Å². The van der Waals surface area contributed by atoms with Crippen molar-refractivity contribution in [2.24, 2.45) is 0 Å². The highest BCUT2D eigenvalue weighted by molar-refractivity contribution is 5.70. The minimum atomic E-state index is -0.799. The van der Waals surface area contributed by atoms with Crippen molar-refractivity contribution in [2.45, 2.75) is 206 Å². The van der Waals surface area contributed by atoms with Crippen LogP contribution >= 0.6 is 0 Å². The summed E-state index contributed by atoms with van der Waals surface area (Å²) in [6.07, 6.45) is 50.5. The molecule has 6 heteroatoms. The number of hydrogen-bond donors (Lipinski definition) is 2. The maximum absolute atomic E-state index is 12.2. The van der Waals surface area contributed by atoms with Crippen molar-refractivity contribution in [1.29, 1.82) is 0 Å². The molecule has 0 saturated carbocycles. The van der Waals surface area contributed by atoms with E-state index >= 15 is 0 Å². The monoisotopic (exact) mass is 717 g/mol. The van der Waals surface area contributed by atoms with Crippen LogP contribution in [0.25, 0.3) is 0 Å². The molecule has 296 valence electrons. The first-order chi connectivity index (χ1) is 25.1. The lowest BCUT2D eigenvalue weighted by molar-refractivity contribution is -0.161. The second-order valence-electron chi connectivity index (χ2n) is 14.1. The van der Waals surface area contributed by atoms with Crippen molar-refractivity contribution in [2.75, 3.05) is 19.8 Å². The number of esters is 2. The molecule has 0 aromatic carbocycles. The average molecular weight is 717 g/mol. The smallest absolute Gasteiger partial charge is 0.306 e. The Kier molecular flexibility index (Phi) is 40.4. The van der Waals surface area contributed by atoms with Crippen LogP contribution in [0.5, 0.6) is 0 Å². The van der Waals surface area contributed by atoms with E-state index in [1.165, 1.54) is 103 Å². The molecule has 0 aromatic heterocycles. The first-order valence-electron chi connectivity index (χ1n) is 21.3. The number of hydrogen-bond acceptors (Lipinski definition) is 6. The van der Waals surface area contributed by atoms with Crippen LogP contribution in [0.1, 0.15) is 200 Å². The third kappa shape index (κ3) is 40.4. The molecule has 0 aromatic rings. The molecule has 0 fully saturated rings. The molecule has 0 radical (unpaired) electrons. The topological polar surface area (TPSA) is 93.1 Å². The van der Waals surface area contributed by atoms with Crippen molar-refractivity contribution in [3.8, 4) is 0 Å². The van der Waals surface area contributed by atoms with E-state index in [2.05, 4.69) is 55.5 Å². The van der Waals surface area contributed by atoms with Gasteiger partial charge in [0.25, 0.3) is 0 Å². The molecule has 0 aliphatic carbocycles. The second kappa shape index (κ2) is 42.2. The number of ether oxygens (including phenoxy) is 2. The molecule has 0 bridgehead atoms. The Labute approximate surface area is 314 Å². The zero-order valence-electron chi connectivity index (χ0n) is 33.1. The van der Waals surface area contributed by atoms with Crippen LogP contribution in [0, 0.1) is 0 Å². The van der Waals surface area contributed by atoms with E-state index in [1.807, 2.05) is 0 Å². The minimum Gasteiger partial charge on any atom is -0.462 e. The van der Waals surface area contributed by atoms with Gasteiger partial charge in [-0.1, -0.05) is 178 Å². The number of carbonyl (C=O) groups excluding carboxylic acids is 2. The Morgan fingerprint density at radius 3 is 1.31 bits per heavy atom. The number of carbonyl (C=O) groups is 2. The van der Waals surface area contributed by atoms with Gasteiger partial charge in [0.05, 0.1) is 6.61 Å². The molecule has 0 aliphatic heterocycles. The lowest BCUT2D eigenvalue weighted by Crippen LogP contribution is -2.28. The molecule has 51 heavy (non-hydrogen) atoms. The highest BCUT2D eigenvalue weighted by Crippen LogP contribution is 2.15. The van der Waals surface area contributed by atoms with Gasteiger partial charge in [-0.25, -0.2) is 0 Å². The number of aliphatic hydroxyl groups is 2. The molecular formula is C45H80O6. The van der Waals surface area contributed by atoms with Gasteiger partial charge in [0, 0.05) is 19.4 Å². The Balaban J connectivity index is 3.60. The average Bonchev–Trinajstić information content (AvgIpc) is 3.13. The molecule has 0 unspecified atom stereocenters. The summed E-state index contributed by atoms with van der Waals surface area (Å²) in [5, 5.41) is 18.3. The van der Waals surface area contributed by atoms with Crippen LogP contribution in [0.15, 0.2) is 48.6 Å². The molecular weight excluding hydrogens is 636 g/mol. The predicted molar refractivity (Wildman–Crippen MR) is 216 cm³/mol. The SMILES string of the molecule is CCCCCCCCCCCCCCCCCCCCCC(=O)O[C@@H](CO)COC(=O)CCC/C=C\C/C=C\C/C=C\C/C=C\CCCCCO. The molecule has 1 atom stereocenters. The molecule has 0 heterocycles. The Morgan fingerprint density at radius 1 is 0.471 bits per heavy atom. The van der Waals surface area contributed by atoms with Gasteiger partial charge in [0.2, 0.25) is 0 Å². The van der Waals surface area contributed by atoms with Gasteiger partial charge < -0.3 is 19.7 Å². The van der Waals surface area contributed by atoms with Crippen LogP contribution in [0.4, 0.5) is 0 Å². The molecule has 0 rings (SSSR count). The number of rotatable bonds is 39. The summed E-state index contributed by atoms with van der Waals surface area (Å²) in [6.45, 7) is 2.12. The molecule has 0 amide bonds. The first-order valence-corrected chi connectivity index (χ1v) is 21.3. The van der Waals surface area contributed by atoms with Crippen molar-refractivity contribution >= 4 is 11.9 Å². The van der Waals surface area contributed by atoms with Crippen LogP contribution in [-0.2, 0) is 19.1 Å². The van der Waals surface area contributed by atoms with Crippen LogP contribution in [-0.4, -0.2) is 48.1 Å². The normalized spacial score (nSPS) is 12.6. The maximum atomic E-state index is 12.2. The first kappa shape index (κ1) is 48.8. The fourth-order valence-corrected chi connectivity index (χ4v) is 5.94. The van der Waals surface area contributed by atoms with Gasteiger partial charge in [-0.2, -0.15) is 0 Å². The zero-order chi connectivity index (χ0) is 37.1. The van der Waals surface area contributed by atoms with Crippen molar-refractivity contribution in [1.82, 2.24) is 0 Å². The van der Waals surface area contributed by atoms with E-state index in [0.29, 0.717) is 25.9 Å². The molecule has 2 N–H and O–H groups in total. The predicted octanol–water partition coefficient (Wildman–Crippen LogP) is 12.4. The summed E-state index contributed by atoms with van der Waals surface area (Å²) < 4.78 is 10.6. The Bertz CT molecular complexity index is 861. The number of unbranched alkanes of at least 4 members (excludes halogenated alkanes) is 22. The summed E-state index contributed by atoms with van der Waals surface area (Å²) in [4.78, 5) is 24.3. The summed E-state index contributed by atoms with van der Waals surface area (Å²) in [7, 11) is 0. The molecule has 0 spiro atoms. The minimum absolute atomic E-state index is 0.100. The van der Waals surface area contributed by atoms with Crippen LogP contribution in [0.2, 0.25) is 0 Å². The van der Waals surface area contributed by atoms with E-state index < -0.39 is 6.10 Å². The number of allylic oxidation sites excluding steroid dienone is 8. The van der Waals surface area contributed by atoms with Gasteiger partial charge in [-0.15, -0.1) is 0 Å². The van der Waals surface area contributed by atoms with Gasteiger partial charge in [-0.3, -0.25) is 9.59 Å². The van der Waals surface area contributed by atoms with E-state index in [9.17, 15) is 14.7 Å². The van der Waals surface area contributed by atoms with Gasteiger partial charge >= 0.3 is 11.9 Å². The number of aliphatic hydroxyl groups excluding tert-OH is 2. The van der Waals surface area contributed by atoms with E-state index in [-0.39, 0.29) is 25.2 Å². The third-order valence-corrected chi connectivity index (χ3v) is 9.18. The highest BCUT2D eigenvalue weighted by Gasteiger charge is 2.16. The van der Waals surface area contributed by atoms with E-state index in [0.717, 1.165) is 70.6 Å². The lowest BCUT2D eigenvalue weighted by atomic mass is 10.0.